The molecular weight excluding hydrogens is 292 g/mol. The monoisotopic (exact) mass is 308 g/mol. The van der Waals surface area contributed by atoms with Crippen LogP contribution in [0, 0.1) is 0 Å². The number of anilines is 1. The molecule has 1 N–H and O–H groups in total. The van der Waals surface area contributed by atoms with E-state index in [0.29, 0.717) is 34.7 Å². The largest absolute Gasteiger partial charge is 0.497 e. The minimum absolute atomic E-state index is 0.0106. The lowest BCUT2D eigenvalue weighted by Crippen LogP contribution is -2.15. The van der Waals surface area contributed by atoms with E-state index in [2.05, 4.69) is 10.3 Å². The van der Waals surface area contributed by atoms with Gasteiger partial charge in [-0.3, -0.25) is 14.6 Å². The number of nitrogens with zero attached hydrogens (tertiary/aromatic N) is 1. The second kappa shape index (κ2) is 6.04. The molecule has 0 unspecified atom stereocenters. The number of hydrogen-bond acceptors (Lipinski definition) is 4. The summed E-state index contributed by atoms with van der Waals surface area (Å²) in [6.07, 6.45) is 0.300. The van der Waals surface area contributed by atoms with Crippen LogP contribution >= 0.6 is 0 Å². The lowest BCUT2D eigenvalue weighted by Gasteiger charge is -2.13. The molecule has 0 aromatic heterocycles. The smallest absolute Gasteiger partial charge is 0.255 e. The van der Waals surface area contributed by atoms with Crippen LogP contribution in [0.1, 0.15) is 34.1 Å². The first-order valence-electron chi connectivity index (χ1n) is 7.23. The highest BCUT2D eigenvalue weighted by Gasteiger charge is 2.19. The number of benzene rings is 2. The van der Waals surface area contributed by atoms with E-state index in [9.17, 15) is 9.59 Å². The summed E-state index contributed by atoms with van der Waals surface area (Å²) in [4.78, 5) is 28.8. The van der Waals surface area contributed by atoms with Gasteiger partial charge in [-0.2, -0.15) is 0 Å². The molecule has 0 saturated carbocycles. The molecule has 5 nitrogen and oxygen atoms in total. The number of aliphatic imine (C=N–C) groups is 1. The predicted molar refractivity (Wildman–Crippen MR) is 89.1 cm³/mol. The van der Waals surface area contributed by atoms with Crippen molar-refractivity contribution < 1.29 is 14.3 Å². The average molecular weight is 308 g/mol. The third-order valence-electron chi connectivity index (χ3n) is 3.61. The summed E-state index contributed by atoms with van der Waals surface area (Å²) in [6.45, 7) is 1.82. The maximum absolute atomic E-state index is 12.4. The van der Waals surface area contributed by atoms with Gasteiger partial charge < -0.3 is 10.1 Å². The molecule has 0 atom stereocenters. The van der Waals surface area contributed by atoms with Gasteiger partial charge >= 0.3 is 0 Å². The molecule has 1 heterocycles. The number of nitrogens with one attached hydrogen (secondary N) is 1. The van der Waals surface area contributed by atoms with E-state index in [-0.39, 0.29) is 11.7 Å². The van der Waals surface area contributed by atoms with Gasteiger partial charge in [0.2, 0.25) is 0 Å². The van der Waals surface area contributed by atoms with Crippen LogP contribution in [0.3, 0.4) is 0 Å². The Balaban J connectivity index is 1.86. The Morgan fingerprint density at radius 3 is 2.83 bits per heavy atom. The Morgan fingerprint density at radius 1 is 1.22 bits per heavy atom. The molecule has 0 bridgehead atoms. The summed E-state index contributed by atoms with van der Waals surface area (Å²) in [5.41, 5.74) is 2.96. The number of ether oxygens (including phenoxy) is 1. The summed E-state index contributed by atoms with van der Waals surface area (Å²) >= 11 is 0. The van der Waals surface area contributed by atoms with Crippen molar-refractivity contribution in [1.82, 2.24) is 0 Å². The van der Waals surface area contributed by atoms with E-state index in [0.717, 1.165) is 5.71 Å². The number of carbonyl (C=O) groups excluding carboxylic acids is 2. The number of amides is 1. The van der Waals surface area contributed by atoms with Gasteiger partial charge in [0.15, 0.2) is 5.78 Å². The van der Waals surface area contributed by atoms with Crippen LogP contribution in [0.4, 0.5) is 11.4 Å². The normalized spacial score (nSPS) is 13.1. The van der Waals surface area contributed by atoms with Gasteiger partial charge in [0.05, 0.1) is 12.8 Å². The average Bonchev–Trinajstić information content (AvgIpc) is 2.54. The zero-order valence-corrected chi connectivity index (χ0v) is 12.9. The molecule has 0 radical (unpaired) electrons. The van der Waals surface area contributed by atoms with Crippen molar-refractivity contribution >= 4 is 28.8 Å². The van der Waals surface area contributed by atoms with Crippen molar-refractivity contribution in [3.8, 4) is 5.75 Å². The van der Waals surface area contributed by atoms with E-state index in [4.69, 9.17) is 4.74 Å². The van der Waals surface area contributed by atoms with Crippen LogP contribution in [0.5, 0.6) is 5.75 Å². The Labute approximate surface area is 134 Å². The lowest BCUT2D eigenvalue weighted by molar-refractivity contribution is 0.0999. The molecular formula is C18H16N2O3. The van der Waals surface area contributed by atoms with E-state index in [1.807, 2.05) is 6.92 Å². The Kier molecular flexibility index (Phi) is 3.93. The molecule has 1 amide bonds. The van der Waals surface area contributed by atoms with E-state index in [1.165, 1.54) is 0 Å². The first-order valence-corrected chi connectivity index (χ1v) is 7.23. The van der Waals surface area contributed by atoms with Gasteiger partial charge in [-0.15, -0.1) is 0 Å². The number of hydrogen-bond donors (Lipinski definition) is 1. The fourth-order valence-electron chi connectivity index (χ4n) is 2.47. The molecule has 5 heteroatoms. The minimum atomic E-state index is -0.278. The Hall–Kier alpha value is -2.95. The highest BCUT2D eigenvalue weighted by molar-refractivity contribution is 6.16. The summed E-state index contributed by atoms with van der Waals surface area (Å²) in [6, 6.07) is 12.1. The van der Waals surface area contributed by atoms with Crippen molar-refractivity contribution in [1.29, 1.82) is 0 Å². The summed E-state index contributed by atoms with van der Waals surface area (Å²) in [7, 11) is 1.57. The quantitative estimate of drug-likeness (QED) is 0.941. The van der Waals surface area contributed by atoms with Gasteiger partial charge in [-0.1, -0.05) is 6.07 Å². The molecule has 3 rings (SSSR count). The van der Waals surface area contributed by atoms with Gasteiger partial charge in [0, 0.05) is 35.0 Å². The molecule has 0 aliphatic carbocycles. The third kappa shape index (κ3) is 3.13. The van der Waals surface area contributed by atoms with Crippen LogP contribution in [0.15, 0.2) is 47.5 Å². The number of rotatable bonds is 3. The number of methoxy groups -OCH3 is 1. The fraction of sp³-hybridized carbons (Fsp3) is 0.167. The number of Topliss-reactive ketones (excluding diaryl/α,β-unsaturated/α-hetero) is 1. The third-order valence-corrected chi connectivity index (χ3v) is 3.61. The van der Waals surface area contributed by atoms with Crippen molar-refractivity contribution in [2.24, 2.45) is 4.99 Å². The molecule has 1 aliphatic rings. The van der Waals surface area contributed by atoms with Crippen LogP contribution in [-0.4, -0.2) is 24.5 Å². The first kappa shape index (κ1) is 15.0. The highest BCUT2D eigenvalue weighted by Crippen LogP contribution is 2.27. The number of carbonyl (C=O) groups is 2. The second-order valence-corrected chi connectivity index (χ2v) is 5.37. The first-order chi connectivity index (χ1) is 11.1. The molecule has 1 aliphatic heterocycles. The second-order valence-electron chi connectivity index (χ2n) is 5.37. The van der Waals surface area contributed by atoms with Crippen LogP contribution in [0.2, 0.25) is 0 Å². The van der Waals surface area contributed by atoms with Gasteiger partial charge in [-0.05, 0) is 37.3 Å². The SMILES string of the molecule is COc1cccc(NC(=O)c2ccc3c(c2)C(=O)CC(C)=N3)c1. The summed E-state index contributed by atoms with van der Waals surface area (Å²) < 4.78 is 5.13. The molecule has 2 aromatic rings. The standard InChI is InChI=1S/C18H16N2O3/c1-11-8-17(21)15-9-12(6-7-16(15)19-11)18(22)20-13-4-3-5-14(10-13)23-2/h3-7,9-10H,8H2,1-2H3,(H,20,22). The number of ketones is 1. The molecule has 0 spiro atoms. The Bertz CT molecular complexity index is 825. The van der Waals surface area contributed by atoms with Crippen molar-refractivity contribution in [2.45, 2.75) is 13.3 Å². The maximum Gasteiger partial charge on any atom is 0.255 e. The van der Waals surface area contributed by atoms with Crippen LogP contribution in [0.25, 0.3) is 0 Å². The molecule has 23 heavy (non-hydrogen) atoms. The topological polar surface area (TPSA) is 67.8 Å². The fourth-order valence-corrected chi connectivity index (χ4v) is 2.47. The van der Waals surface area contributed by atoms with Crippen molar-refractivity contribution in [2.75, 3.05) is 12.4 Å². The molecule has 2 aromatic carbocycles. The van der Waals surface area contributed by atoms with Crippen molar-refractivity contribution in [3.63, 3.8) is 0 Å². The van der Waals surface area contributed by atoms with E-state index in [1.54, 1.807) is 49.6 Å². The maximum atomic E-state index is 12.4. The van der Waals surface area contributed by atoms with Gasteiger partial charge in [0.1, 0.15) is 5.75 Å². The van der Waals surface area contributed by atoms with E-state index >= 15 is 0 Å². The molecule has 0 fully saturated rings. The summed E-state index contributed by atoms with van der Waals surface area (Å²) in [5, 5.41) is 2.80. The predicted octanol–water partition coefficient (Wildman–Crippen LogP) is 3.63. The van der Waals surface area contributed by atoms with Crippen LogP contribution < -0.4 is 10.1 Å². The highest BCUT2D eigenvalue weighted by atomic mass is 16.5. The zero-order valence-electron chi connectivity index (χ0n) is 12.9. The Morgan fingerprint density at radius 2 is 2.04 bits per heavy atom. The zero-order chi connectivity index (χ0) is 16.4. The van der Waals surface area contributed by atoms with Crippen LogP contribution in [-0.2, 0) is 0 Å². The van der Waals surface area contributed by atoms with E-state index < -0.39 is 0 Å². The molecule has 116 valence electrons. The van der Waals surface area contributed by atoms with Gasteiger partial charge in [-0.25, -0.2) is 0 Å². The summed E-state index contributed by atoms with van der Waals surface area (Å²) in [5.74, 6) is 0.372. The number of fused-ring (bicyclic) bond motifs is 1. The minimum Gasteiger partial charge on any atom is -0.497 e. The van der Waals surface area contributed by atoms with Gasteiger partial charge in [0.25, 0.3) is 5.91 Å². The lowest BCUT2D eigenvalue weighted by atomic mass is 9.98. The van der Waals surface area contributed by atoms with Crippen molar-refractivity contribution in [3.05, 3.63) is 53.6 Å². The molecule has 0 saturated heterocycles.